The molecule has 2 aromatic heterocycles. The molecule has 2 heterocycles. The van der Waals surface area contributed by atoms with Gasteiger partial charge in [-0.1, -0.05) is 6.08 Å². The first-order chi connectivity index (χ1) is 11.3. The molecule has 0 aromatic carbocycles. The van der Waals surface area contributed by atoms with E-state index in [0.717, 1.165) is 22.6 Å². The average Bonchev–Trinajstić information content (AvgIpc) is 2.73. The molecule has 0 spiro atoms. The number of ether oxygens (including phenoxy) is 1. The number of aromatic nitrogens is 3. The van der Waals surface area contributed by atoms with Crippen LogP contribution in [-0.2, 0) is 9.53 Å². The quantitative estimate of drug-likeness (QED) is 0.915. The summed E-state index contributed by atoms with van der Waals surface area (Å²) < 4.78 is 7.47. The summed E-state index contributed by atoms with van der Waals surface area (Å²) in [4.78, 5) is 21.3. The highest BCUT2D eigenvalue weighted by atomic mass is 16.5. The number of fused-ring (bicyclic) bond motifs is 1. The normalized spacial score (nSPS) is 13.8. The molecule has 0 saturated carbocycles. The topological polar surface area (TPSA) is 69.0 Å². The molecular weight excluding hydrogens is 304 g/mol. The standard InChI is InChI=1S/C18H22N4O2/c1-12-8-9-14-16(19-12)22(13-6-5-7-13)17(20-14)21-15(23)10-11-24-18(2,3)4/h5-9H,10-11H2,1-4H3,(H,20,21,23). The fourth-order valence-corrected chi connectivity index (χ4v) is 2.35. The molecule has 6 heteroatoms. The number of hydrogen-bond acceptors (Lipinski definition) is 4. The van der Waals surface area contributed by atoms with Gasteiger partial charge in [-0.15, -0.1) is 0 Å². The molecule has 0 bridgehead atoms. The summed E-state index contributed by atoms with van der Waals surface area (Å²) in [6, 6.07) is 3.82. The van der Waals surface area contributed by atoms with E-state index in [1.54, 1.807) is 0 Å². The Kier molecular flexibility index (Phi) is 4.24. The van der Waals surface area contributed by atoms with Gasteiger partial charge in [-0.05, 0) is 52.0 Å². The van der Waals surface area contributed by atoms with Crippen LogP contribution in [0.25, 0.3) is 16.9 Å². The molecule has 0 atom stereocenters. The zero-order valence-electron chi connectivity index (χ0n) is 14.5. The van der Waals surface area contributed by atoms with Crippen molar-refractivity contribution in [3.63, 3.8) is 0 Å². The minimum Gasteiger partial charge on any atom is -0.375 e. The Morgan fingerprint density at radius 3 is 2.67 bits per heavy atom. The van der Waals surface area contributed by atoms with Crippen molar-refractivity contribution in [3.05, 3.63) is 36.1 Å². The maximum atomic E-state index is 12.2. The van der Waals surface area contributed by atoms with Gasteiger partial charge in [0.15, 0.2) is 5.65 Å². The van der Waals surface area contributed by atoms with E-state index in [1.165, 1.54) is 0 Å². The van der Waals surface area contributed by atoms with E-state index >= 15 is 0 Å². The van der Waals surface area contributed by atoms with E-state index in [1.807, 2.05) is 62.6 Å². The van der Waals surface area contributed by atoms with Crippen molar-refractivity contribution >= 4 is 28.7 Å². The van der Waals surface area contributed by atoms with Gasteiger partial charge in [0, 0.05) is 5.69 Å². The second-order valence-corrected chi connectivity index (χ2v) is 6.78. The van der Waals surface area contributed by atoms with Crippen molar-refractivity contribution in [3.8, 4) is 0 Å². The van der Waals surface area contributed by atoms with Crippen molar-refractivity contribution in [2.45, 2.75) is 39.7 Å². The molecule has 0 aliphatic heterocycles. The van der Waals surface area contributed by atoms with Crippen LogP contribution >= 0.6 is 0 Å². The Morgan fingerprint density at radius 1 is 1.29 bits per heavy atom. The van der Waals surface area contributed by atoms with Crippen LogP contribution in [0.15, 0.2) is 30.4 Å². The number of allylic oxidation sites excluding steroid dienone is 4. The molecule has 0 radical (unpaired) electrons. The summed E-state index contributed by atoms with van der Waals surface area (Å²) in [6.45, 7) is 8.20. The second-order valence-electron chi connectivity index (χ2n) is 6.78. The van der Waals surface area contributed by atoms with Gasteiger partial charge in [0.2, 0.25) is 11.9 Å². The molecule has 24 heavy (non-hydrogen) atoms. The van der Waals surface area contributed by atoms with Crippen LogP contribution in [0.1, 0.15) is 32.9 Å². The van der Waals surface area contributed by atoms with Crippen molar-refractivity contribution in [1.82, 2.24) is 14.5 Å². The van der Waals surface area contributed by atoms with E-state index in [-0.39, 0.29) is 17.9 Å². The lowest BCUT2D eigenvalue weighted by atomic mass is 10.2. The molecular formula is C18H22N4O2. The Hall–Kier alpha value is -2.47. The molecule has 1 N–H and O–H groups in total. The molecule has 0 unspecified atom stereocenters. The van der Waals surface area contributed by atoms with Gasteiger partial charge in [0.25, 0.3) is 0 Å². The van der Waals surface area contributed by atoms with Crippen LogP contribution in [0.4, 0.5) is 5.95 Å². The van der Waals surface area contributed by atoms with Crippen LogP contribution in [0.5, 0.6) is 0 Å². The van der Waals surface area contributed by atoms with Crippen molar-refractivity contribution in [2.24, 2.45) is 0 Å². The number of nitrogens with one attached hydrogen (secondary N) is 1. The zero-order valence-corrected chi connectivity index (χ0v) is 14.5. The Labute approximate surface area is 141 Å². The van der Waals surface area contributed by atoms with Crippen LogP contribution in [0.3, 0.4) is 0 Å². The van der Waals surface area contributed by atoms with Gasteiger partial charge in [-0.25, -0.2) is 9.97 Å². The Bertz CT molecular complexity index is 841. The second kappa shape index (κ2) is 6.20. The lowest BCUT2D eigenvalue weighted by Gasteiger charge is -2.19. The van der Waals surface area contributed by atoms with E-state index < -0.39 is 0 Å². The van der Waals surface area contributed by atoms with Gasteiger partial charge in [0.05, 0.1) is 24.3 Å². The lowest BCUT2D eigenvalue weighted by Crippen LogP contribution is -2.23. The number of pyridine rings is 1. The van der Waals surface area contributed by atoms with Gasteiger partial charge in [0.1, 0.15) is 5.52 Å². The fraction of sp³-hybridized carbons (Fsp3) is 0.389. The third kappa shape index (κ3) is 3.54. The number of hydrogen-bond donors (Lipinski definition) is 1. The SMILES string of the molecule is Cc1ccc2nc(NC(=O)CCOC(C)(C)C)n(C3=CC=C3)c2n1. The van der Waals surface area contributed by atoms with Crippen molar-refractivity contribution < 1.29 is 9.53 Å². The molecule has 2 aromatic rings. The number of imidazole rings is 1. The number of amides is 1. The minimum atomic E-state index is -0.254. The van der Waals surface area contributed by atoms with E-state index in [0.29, 0.717) is 12.6 Å². The number of nitrogens with zero attached hydrogens (tertiary/aromatic N) is 3. The Balaban J connectivity index is 1.80. The third-order valence-corrected chi connectivity index (χ3v) is 3.55. The largest absolute Gasteiger partial charge is 0.375 e. The summed E-state index contributed by atoms with van der Waals surface area (Å²) in [5.41, 5.74) is 3.10. The van der Waals surface area contributed by atoms with Crippen LogP contribution in [0.2, 0.25) is 0 Å². The molecule has 6 nitrogen and oxygen atoms in total. The molecule has 0 fully saturated rings. The summed E-state index contributed by atoms with van der Waals surface area (Å²) in [7, 11) is 0. The fourth-order valence-electron chi connectivity index (χ4n) is 2.35. The smallest absolute Gasteiger partial charge is 0.229 e. The van der Waals surface area contributed by atoms with Crippen LogP contribution in [-0.4, -0.2) is 32.7 Å². The summed E-state index contributed by atoms with van der Waals surface area (Å²) in [5.74, 6) is 0.357. The lowest BCUT2D eigenvalue weighted by molar-refractivity contribution is -0.118. The predicted molar refractivity (Wildman–Crippen MR) is 94.6 cm³/mol. The van der Waals surface area contributed by atoms with Crippen LogP contribution in [0, 0.1) is 6.92 Å². The first kappa shape index (κ1) is 16.4. The van der Waals surface area contributed by atoms with Gasteiger partial charge >= 0.3 is 0 Å². The van der Waals surface area contributed by atoms with Crippen LogP contribution < -0.4 is 5.32 Å². The molecule has 1 aliphatic rings. The summed E-state index contributed by atoms with van der Waals surface area (Å²) >= 11 is 0. The molecule has 0 saturated heterocycles. The number of carbonyl (C=O) groups excluding carboxylic acids is 1. The van der Waals surface area contributed by atoms with E-state index in [4.69, 9.17) is 4.74 Å². The number of carbonyl (C=O) groups is 1. The Morgan fingerprint density at radius 2 is 2.04 bits per heavy atom. The molecule has 126 valence electrons. The molecule has 1 aliphatic carbocycles. The zero-order chi connectivity index (χ0) is 17.3. The maximum Gasteiger partial charge on any atom is 0.229 e. The van der Waals surface area contributed by atoms with Crippen molar-refractivity contribution in [2.75, 3.05) is 11.9 Å². The monoisotopic (exact) mass is 326 g/mol. The predicted octanol–water partition coefficient (Wildman–Crippen LogP) is 3.29. The van der Waals surface area contributed by atoms with E-state index in [2.05, 4.69) is 15.3 Å². The first-order valence-electron chi connectivity index (χ1n) is 8.02. The van der Waals surface area contributed by atoms with Gasteiger partial charge in [-0.2, -0.15) is 0 Å². The number of anilines is 1. The average molecular weight is 326 g/mol. The molecule has 1 amide bonds. The third-order valence-electron chi connectivity index (χ3n) is 3.55. The van der Waals surface area contributed by atoms with Crippen molar-refractivity contribution in [1.29, 1.82) is 0 Å². The highest BCUT2D eigenvalue weighted by Gasteiger charge is 2.18. The number of aryl methyl sites for hydroxylation is 1. The van der Waals surface area contributed by atoms with E-state index in [9.17, 15) is 4.79 Å². The maximum absolute atomic E-state index is 12.2. The first-order valence-corrected chi connectivity index (χ1v) is 8.02. The minimum absolute atomic E-state index is 0.128. The highest BCUT2D eigenvalue weighted by molar-refractivity contribution is 5.93. The van der Waals surface area contributed by atoms with Gasteiger partial charge < -0.3 is 4.74 Å². The summed E-state index contributed by atoms with van der Waals surface area (Å²) in [6.07, 6.45) is 6.15. The van der Waals surface area contributed by atoms with Gasteiger partial charge in [-0.3, -0.25) is 14.7 Å². The highest BCUT2D eigenvalue weighted by Crippen LogP contribution is 2.26. The molecule has 3 rings (SSSR count). The number of rotatable bonds is 5. The summed E-state index contributed by atoms with van der Waals surface area (Å²) in [5, 5.41) is 2.87.